The number of amides is 1. The van der Waals surface area contributed by atoms with Gasteiger partial charge in [-0.2, -0.15) is 13.2 Å². The van der Waals surface area contributed by atoms with Crippen molar-refractivity contribution >= 4 is 23.0 Å². The van der Waals surface area contributed by atoms with Crippen LogP contribution in [0.5, 0.6) is 0 Å². The molecular formula is C18H17F3N4O3. The number of alkyl halides is 3. The lowest BCUT2D eigenvalue weighted by atomic mass is 10.1. The van der Waals surface area contributed by atoms with Gasteiger partial charge in [0.2, 0.25) is 0 Å². The molecule has 2 aromatic carbocycles. The number of nitrogens with zero attached hydrogens (tertiary/aromatic N) is 3. The van der Waals surface area contributed by atoms with E-state index in [9.17, 15) is 28.1 Å². The second kappa shape index (κ2) is 7.37. The van der Waals surface area contributed by atoms with Crippen molar-refractivity contribution in [1.82, 2.24) is 4.90 Å². The van der Waals surface area contributed by atoms with Gasteiger partial charge in [-0.25, -0.2) is 0 Å². The van der Waals surface area contributed by atoms with E-state index in [1.165, 1.54) is 0 Å². The zero-order valence-corrected chi connectivity index (χ0v) is 14.6. The van der Waals surface area contributed by atoms with Gasteiger partial charge in [-0.1, -0.05) is 6.07 Å². The molecule has 0 aromatic heterocycles. The Morgan fingerprint density at radius 1 is 1.07 bits per heavy atom. The van der Waals surface area contributed by atoms with Crippen molar-refractivity contribution in [2.45, 2.75) is 6.18 Å². The largest absolute Gasteiger partial charge is 0.416 e. The Balaban J connectivity index is 1.76. The molecule has 28 heavy (non-hydrogen) atoms. The molecule has 0 saturated carbocycles. The maximum atomic E-state index is 12.8. The highest BCUT2D eigenvalue weighted by Crippen LogP contribution is 2.36. The number of rotatable bonds is 3. The number of hydrogen-bond donors (Lipinski definition) is 1. The first-order valence-electron chi connectivity index (χ1n) is 8.42. The zero-order valence-electron chi connectivity index (χ0n) is 14.6. The summed E-state index contributed by atoms with van der Waals surface area (Å²) in [5.41, 5.74) is 5.02. The van der Waals surface area contributed by atoms with E-state index in [1.807, 2.05) is 0 Å². The van der Waals surface area contributed by atoms with E-state index < -0.39 is 22.4 Å². The van der Waals surface area contributed by atoms with E-state index in [-0.39, 0.29) is 37.8 Å². The first-order chi connectivity index (χ1) is 13.2. The molecule has 0 radical (unpaired) electrons. The van der Waals surface area contributed by atoms with Crippen LogP contribution in [0.4, 0.5) is 30.2 Å². The lowest BCUT2D eigenvalue weighted by molar-refractivity contribution is -0.384. The van der Waals surface area contributed by atoms with E-state index in [2.05, 4.69) is 0 Å². The Labute approximate surface area is 158 Å². The molecule has 10 heteroatoms. The van der Waals surface area contributed by atoms with Crippen LogP contribution in [0.3, 0.4) is 0 Å². The molecule has 1 fully saturated rings. The number of benzene rings is 2. The number of carbonyl (C=O) groups is 1. The first kappa shape index (κ1) is 19.5. The fraction of sp³-hybridized carbons (Fsp3) is 0.278. The molecule has 0 atom stereocenters. The molecule has 1 aliphatic rings. The standard InChI is InChI=1S/C18H17F3N4O3/c19-18(20,21)13-4-5-15(16(11-13)25(27)28)23-6-8-24(9-7-23)17(26)12-2-1-3-14(22)10-12/h1-5,10-11H,6-9,22H2. The van der Waals surface area contributed by atoms with Crippen LogP contribution in [0.15, 0.2) is 42.5 Å². The van der Waals surface area contributed by atoms with Crippen LogP contribution in [0.1, 0.15) is 15.9 Å². The van der Waals surface area contributed by atoms with Crippen molar-refractivity contribution in [3.8, 4) is 0 Å². The van der Waals surface area contributed by atoms with E-state index in [1.54, 1.807) is 34.1 Å². The molecule has 7 nitrogen and oxygen atoms in total. The summed E-state index contributed by atoms with van der Waals surface area (Å²) in [7, 11) is 0. The third kappa shape index (κ3) is 4.00. The highest BCUT2D eigenvalue weighted by atomic mass is 19.4. The fourth-order valence-corrected chi connectivity index (χ4v) is 3.12. The second-order valence-corrected chi connectivity index (χ2v) is 6.36. The van der Waals surface area contributed by atoms with Crippen molar-refractivity contribution in [3.63, 3.8) is 0 Å². The van der Waals surface area contributed by atoms with Crippen LogP contribution < -0.4 is 10.6 Å². The highest BCUT2D eigenvalue weighted by Gasteiger charge is 2.34. The smallest absolute Gasteiger partial charge is 0.399 e. The van der Waals surface area contributed by atoms with Gasteiger partial charge in [-0.05, 0) is 30.3 Å². The number of nitro benzene ring substituents is 1. The Bertz CT molecular complexity index is 909. The van der Waals surface area contributed by atoms with Crippen LogP contribution >= 0.6 is 0 Å². The van der Waals surface area contributed by atoms with Gasteiger partial charge in [-0.15, -0.1) is 0 Å². The predicted octanol–water partition coefficient (Wildman–Crippen LogP) is 3.16. The third-order valence-corrected chi connectivity index (χ3v) is 4.54. The number of piperazine rings is 1. The molecule has 0 bridgehead atoms. The van der Waals surface area contributed by atoms with Gasteiger partial charge in [0.1, 0.15) is 5.69 Å². The predicted molar refractivity (Wildman–Crippen MR) is 97.1 cm³/mol. The number of nitro groups is 1. The minimum Gasteiger partial charge on any atom is -0.399 e. The molecule has 1 saturated heterocycles. The minimum atomic E-state index is -4.66. The fourth-order valence-electron chi connectivity index (χ4n) is 3.12. The summed E-state index contributed by atoms with van der Waals surface area (Å²) in [5.74, 6) is -0.214. The van der Waals surface area contributed by atoms with Crippen molar-refractivity contribution < 1.29 is 22.9 Å². The van der Waals surface area contributed by atoms with Gasteiger partial charge >= 0.3 is 6.18 Å². The lowest BCUT2D eigenvalue weighted by Crippen LogP contribution is -2.49. The molecule has 1 heterocycles. The van der Waals surface area contributed by atoms with Crippen molar-refractivity contribution in [3.05, 3.63) is 63.7 Å². The molecule has 0 spiro atoms. The summed E-state index contributed by atoms with van der Waals surface area (Å²) in [6.45, 7) is 1.10. The Hall–Kier alpha value is -3.30. The summed E-state index contributed by atoms with van der Waals surface area (Å²) in [6, 6.07) is 9.02. The number of carbonyl (C=O) groups excluding carboxylic acids is 1. The molecule has 148 valence electrons. The Morgan fingerprint density at radius 2 is 1.75 bits per heavy atom. The van der Waals surface area contributed by atoms with Gasteiger partial charge in [0.25, 0.3) is 11.6 Å². The van der Waals surface area contributed by atoms with Crippen LogP contribution in [0.25, 0.3) is 0 Å². The first-order valence-corrected chi connectivity index (χ1v) is 8.42. The van der Waals surface area contributed by atoms with Crippen molar-refractivity contribution in [2.75, 3.05) is 36.8 Å². The molecule has 0 aliphatic carbocycles. The average molecular weight is 394 g/mol. The minimum absolute atomic E-state index is 0.106. The molecule has 2 aromatic rings. The van der Waals surface area contributed by atoms with E-state index in [4.69, 9.17) is 5.73 Å². The summed E-state index contributed by atoms with van der Waals surface area (Å²) < 4.78 is 38.5. The maximum absolute atomic E-state index is 12.8. The lowest BCUT2D eigenvalue weighted by Gasteiger charge is -2.36. The van der Waals surface area contributed by atoms with Gasteiger partial charge in [-0.3, -0.25) is 14.9 Å². The molecular weight excluding hydrogens is 377 g/mol. The van der Waals surface area contributed by atoms with E-state index in [0.29, 0.717) is 17.3 Å². The molecule has 0 unspecified atom stereocenters. The number of hydrogen-bond acceptors (Lipinski definition) is 5. The van der Waals surface area contributed by atoms with Crippen LogP contribution in [0, 0.1) is 10.1 Å². The van der Waals surface area contributed by atoms with Crippen molar-refractivity contribution in [2.24, 2.45) is 0 Å². The van der Waals surface area contributed by atoms with Crippen LogP contribution in [0.2, 0.25) is 0 Å². The Kier molecular flexibility index (Phi) is 5.12. The summed E-state index contributed by atoms with van der Waals surface area (Å²) >= 11 is 0. The van der Waals surface area contributed by atoms with E-state index in [0.717, 1.165) is 12.1 Å². The summed E-state index contributed by atoms with van der Waals surface area (Å²) in [6.07, 6.45) is -4.66. The second-order valence-electron chi connectivity index (χ2n) is 6.36. The van der Waals surface area contributed by atoms with E-state index >= 15 is 0 Å². The van der Waals surface area contributed by atoms with Gasteiger partial charge in [0.05, 0.1) is 10.5 Å². The number of nitrogens with two attached hydrogens (primary N) is 1. The number of halogens is 3. The number of anilines is 2. The Morgan fingerprint density at radius 3 is 2.32 bits per heavy atom. The van der Waals surface area contributed by atoms with Gasteiger partial charge < -0.3 is 15.5 Å². The molecule has 1 amide bonds. The topological polar surface area (TPSA) is 92.7 Å². The summed E-state index contributed by atoms with van der Waals surface area (Å²) in [4.78, 5) is 26.2. The molecule has 1 aliphatic heterocycles. The third-order valence-electron chi connectivity index (χ3n) is 4.54. The normalized spacial score (nSPS) is 14.8. The SMILES string of the molecule is Nc1cccc(C(=O)N2CCN(c3ccc(C(F)(F)F)cc3[N+](=O)[O-])CC2)c1. The quantitative estimate of drug-likeness (QED) is 0.490. The monoisotopic (exact) mass is 394 g/mol. The average Bonchev–Trinajstić information content (AvgIpc) is 2.66. The molecule has 2 N–H and O–H groups in total. The summed E-state index contributed by atoms with van der Waals surface area (Å²) in [5, 5.41) is 11.3. The number of nitrogen functional groups attached to an aromatic ring is 1. The molecule has 3 rings (SSSR count). The van der Waals surface area contributed by atoms with Gasteiger partial charge in [0, 0.05) is 43.5 Å². The maximum Gasteiger partial charge on any atom is 0.416 e. The zero-order chi connectivity index (χ0) is 20.5. The van der Waals surface area contributed by atoms with Crippen molar-refractivity contribution in [1.29, 1.82) is 0 Å². The van der Waals surface area contributed by atoms with Crippen LogP contribution in [-0.2, 0) is 6.18 Å². The van der Waals surface area contributed by atoms with Crippen LogP contribution in [-0.4, -0.2) is 41.9 Å². The van der Waals surface area contributed by atoms with Gasteiger partial charge in [0.15, 0.2) is 0 Å². The highest BCUT2D eigenvalue weighted by molar-refractivity contribution is 5.95.